The van der Waals surface area contributed by atoms with Crippen LogP contribution in [-0.2, 0) is 16.6 Å². The van der Waals surface area contributed by atoms with E-state index in [1.54, 1.807) is 0 Å². The predicted octanol–water partition coefficient (Wildman–Crippen LogP) is 1.94. The highest BCUT2D eigenvalue weighted by Crippen LogP contribution is 2.22. The molecule has 1 aliphatic heterocycles. The van der Waals surface area contributed by atoms with Gasteiger partial charge in [0.15, 0.2) is 0 Å². The molecule has 7 heteroatoms. The second kappa shape index (κ2) is 6.03. The summed E-state index contributed by atoms with van der Waals surface area (Å²) in [6.45, 7) is 5.15. The lowest BCUT2D eigenvalue weighted by Crippen LogP contribution is -2.34. The molecule has 0 bridgehead atoms. The van der Waals surface area contributed by atoms with Gasteiger partial charge in [0.2, 0.25) is 10.0 Å². The van der Waals surface area contributed by atoms with Crippen molar-refractivity contribution in [3.63, 3.8) is 0 Å². The van der Waals surface area contributed by atoms with Crippen LogP contribution < -0.4 is 0 Å². The van der Waals surface area contributed by atoms with Crippen molar-refractivity contribution in [2.45, 2.75) is 38.1 Å². The first-order valence-corrected chi connectivity index (χ1v) is 8.39. The lowest BCUT2D eigenvalue weighted by Gasteiger charge is -2.24. The third-order valence-electron chi connectivity index (χ3n) is 3.59. The van der Waals surface area contributed by atoms with Gasteiger partial charge in [0.25, 0.3) is 0 Å². The van der Waals surface area contributed by atoms with Gasteiger partial charge in [0.05, 0.1) is 0 Å². The zero-order valence-electron chi connectivity index (χ0n) is 12.2. The van der Waals surface area contributed by atoms with E-state index >= 15 is 0 Å². The minimum absolute atomic E-state index is 0.0131. The number of sulfonamides is 1. The fourth-order valence-electron chi connectivity index (χ4n) is 2.35. The molecular weight excluding hydrogens is 292 g/mol. The van der Waals surface area contributed by atoms with E-state index in [1.165, 1.54) is 26.7 Å². The number of hydrogen-bond acceptors (Lipinski definition) is 3. The summed E-state index contributed by atoms with van der Waals surface area (Å²) in [5.74, 6) is -1.11. The Labute approximate surface area is 124 Å². The molecule has 0 aliphatic carbocycles. The van der Waals surface area contributed by atoms with Gasteiger partial charge in [-0.25, -0.2) is 13.2 Å². The molecule has 2 heterocycles. The monoisotopic (exact) mass is 312 g/mol. The van der Waals surface area contributed by atoms with Crippen molar-refractivity contribution in [2.75, 3.05) is 13.1 Å². The van der Waals surface area contributed by atoms with E-state index in [-0.39, 0.29) is 10.6 Å². The quantitative estimate of drug-likeness (QED) is 0.843. The first-order chi connectivity index (χ1) is 9.86. The van der Waals surface area contributed by atoms with Gasteiger partial charge in [-0.2, -0.15) is 4.31 Å². The van der Waals surface area contributed by atoms with Crippen molar-refractivity contribution in [2.24, 2.45) is 0 Å². The molecule has 6 nitrogen and oxygen atoms in total. The molecule has 0 saturated carbocycles. The van der Waals surface area contributed by atoms with Crippen molar-refractivity contribution in [3.05, 3.63) is 29.6 Å². The normalized spacial score (nSPS) is 16.8. The van der Waals surface area contributed by atoms with Gasteiger partial charge in [-0.1, -0.05) is 18.6 Å². The molecule has 0 aromatic carbocycles. The number of rotatable bonds is 5. The summed E-state index contributed by atoms with van der Waals surface area (Å²) < 4.78 is 28.0. The number of carboxylic acids is 1. The molecule has 21 heavy (non-hydrogen) atoms. The van der Waals surface area contributed by atoms with Crippen LogP contribution >= 0.6 is 0 Å². The summed E-state index contributed by atoms with van der Waals surface area (Å²) in [4.78, 5) is 11.3. The van der Waals surface area contributed by atoms with Gasteiger partial charge < -0.3 is 9.67 Å². The molecule has 0 amide bonds. The van der Waals surface area contributed by atoms with E-state index in [0.717, 1.165) is 6.42 Å². The van der Waals surface area contributed by atoms with Crippen LogP contribution in [-0.4, -0.2) is 41.5 Å². The molecule has 0 atom stereocenters. The number of aromatic carboxylic acids is 1. The van der Waals surface area contributed by atoms with Crippen molar-refractivity contribution in [1.29, 1.82) is 0 Å². The largest absolute Gasteiger partial charge is 0.477 e. The van der Waals surface area contributed by atoms with Crippen LogP contribution in [0.5, 0.6) is 0 Å². The lowest BCUT2D eigenvalue weighted by molar-refractivity contribution is 0.0685. The van der Waals surface area contributed by atoms with Crippen LogP contribution in [0.25, 0.3) is 0 Å². The summed E-state index contributed by atoms with van der Waals surface area (Å²) in [6.07, 6.45) is 4.76. The van der Waals surface area contributed by atoms with Crippen molar-refractivity contribution >= 4 is 16.0 Å². The Morgan fingerprint density at radius 3 is 2.67 bits per heavy atom. The lowest BCUT2D eigenvalue weighted by atomic mass is 10.1. The molecule has 1 aromatic heterocycles. The minimum Gasteiger partial charge on any atom is -0.477 e. The molecule has 0 fully saturated rings. The van der Waals surface area contributed by atoms with E-state index < -0.39 is 16.0 Å². The number of aromatic nitrogens is 1. The second-order valence-corrected chi connectivity index (χ2v) is 7.16. The Kier molecular flexibility index (Phi) is 4.53. The fourth-order valence-corrected chi connectivity index (χ4v) is 3.77. The first kappa shape index (κ1) is 15.8. The second-order valence-electron chi connectivity index (χ2n) is 5.22. The number of carbonyl (C=O) groups is 1. The van der Waals surface area contributed by atoms with Crippen molar-refractivity contribution < 1.29 is 18.3 Å². The zero-order valence-corrected chi connectivity index (χ0v) is 13.1. The van der Waals surface area contributed by atoms with E-state index in [0.29, 0.717) is 26.1 Å². The summed E-state index contributed by atoms with van der Waals surface area (Å²) in [5, 5.41) is 9.18. The molecule has 116 valence electrons. The molecule has 1 aliphatic rings. The molecule has 0 radical (unpaired) electrons. The molecule has 2 rings (SSSR count). The van der Waals surface area contributed by atoms with Crippen LogP contribution in [0.1, 0.15) is 37.2 Å². The average Bonchev–Trinajstić information content (AvgIpc) is 2.84. The molecule has 1 aromatic rings. The van der Waals surface area contributed by atoms with Crippen LogP contribution in [0.4, 0.5) is 0 Å². The van der Waals surface area contributed by atoms with Gasteiger partial charge in [-0.15, -0.1) is 0 Å². The summed E-state index contributed by atoms with van der Waals surface area (Å²) in [6, 6.07) is 1.25. The van der Waals surface area contributed by atoms with Crippen LogP contribution in [0, 0.1) is 0 Å². The van der Waals surface area contributed by atoms with E-state index in [4.69, 9.17) is 0 Å². The SMILES string of the molecule is CCCn1cc(S(=O)(=O)N2CC=C(C)CC2)cc1C(=O)O. The maximum Gasteiger partial charge on any atom is 0.352 e. The number of aryl methyl sites for hydroxylation is 1. The summed E-state index contributed by atoms with van der Waals surface area (Å²) in [7, 11) is -3.63. The van der Waals surface area contributed by atoms with Gasteiger partial charge in [-0.05, 0) is 25.8 Å². The van der Waals surface area contributed by atoms with Crippen molar-refractivity contribution in [1.82, 2.24) is 8.87 Å². The Hall–Kier alpha value is -1.60. The van der Waals surface area contributed by atoms with Crippen LogP contribution in [0.2, 0.25) is 0 Å². The highest BCUT2D eigenvalue weighted by Gasteiger charge is 2.28. The number of nitrogens with zero attached hydrogens (tertiary/aromatic N) is 2. The van der Waals surface area contributed by atoms with Crippen molar-refractivity contribution in [3.8, 4) is 0 Å². The summed E-state index contributed by atoms with van der Waals surface area (Å²) >= 11 is 0. The topological polar surface area (TPSA) is 79.6 Å². The van der Waals surface area contributed by atoms with Gasteiger partial charge in [-0.3, -0.25) is 0 Å². The smallest absolute Gasteiger partial charge is 0.352 e. The van der Waals surface area contributed by atoms with E-state index in [9.17, 15) is 18.3 Å². The maximum atomic E-state index is 12.6. The van der Waals surface area contributed by atoms with Gasteiger partial charge in [0, 0.05) is 25.8 Å². The third-order valence-corrected chi connectivity index (χ3v) is 5.42. The predicted molar refractivity (Wildman–Crippen MR) is 78.8 cm³/mol. The zero-order chi connectivity index (χ0) is 15.6. The Bertz CT molecular complexity index is 673. The minimum atomic E-state index is -3.63. The van der Waals surface area contributed by atoms with Crippen LogP contribution in [0.15, 0.2) is 28.8 Å². The molecule has 0 saturated heterocycles. The number of hydrogen-bond donors (Lipinski definition) is 1. The third kappa shape index (κ3) is 3.19. The maximum absolute atomic E-state index is 12.6. The molecule has 1 N–H and O–H groups in total. The van der Waals surface area contributed by atoms with E-state index in [2.05, 4.69) is 0 Å². The summed E-state index contributed by atoms with van der Waals surface area (Å²) in [5.41, 5.74) is 1.19. The average molecular weight is 312 g/mol. The molecule has 0 unspecified atom stereocenters. The molecule has 0 spiro atoms. The Balaban J connectivity index is 2.36. The van der Waals surface area contributed by atoms with Gasteiger partial charge in [0.1, 0.15) is 10.6 Å². The highest BCUT2D eigenvalue weighted by molar-refractivity contribution is 7.89. The fraction of sp³-hybridized carbons (Fsp3) is 0.500. The standard InChI is InChI=1S/C14H20N2O4S/c1-3-6-15-10-12(9-13(15)14(17)18)21(19,20)16-7-4-11(2)5-8-16/h4,9-10H,3,5-8H2,1-2H3,(H,17,18). The number of carboxylic acid groups (broad SMARTS) is 1. The Morgan fingerprint density at radius 1 is 1.43 bits per heavy atom. The van der Waals surface area contributed by atoms with Crippen LogP contribution in [0.3, 0.4) is 0 Å². The first-order valence-electron chi connectivity index (χ1n) is 6.95. The van der Waals surface area contributed by atoms with E-state index in [1.807, 2.05) is 19.9 Å². The van der Waals surface area contributed by atoms with Gasteiger partial charge >= 0.3 is 5.97 Å². The Morgan fingerprint density at radius 2 is 2.14 bits per heavy atom. The highest BCUT2D eigenvalue weighted by atomic mass is 32.2. The molecular formula is C14H20N2O4S.